The zero-order chi connectivity index (χ0) is 39.3. The Bertz CT molecular complexity index is 2490. The van der Waals surface area contributed by atoms with Crippen LogP contribution in [0.3, 0.4) is 0 Å². The van der Waals surface area contributed by atoms with Crippen LogP contribution in [-0.2, 0) is 12.8 Å². The van der Waals surface area contributed by atoms with E-state index in [1.54, 1.807) is 0 Å². The molecular formula is C50H46S8. The molecule has 294 valence electrons. The Balaban J connectivity index is 0.817. The van der Waals surface area contributed by atoms with Crippen LogP contribution in [0.4, 0.5) is 0 Å². The molecule has 1 aromatic carbocycles. The number of rotatable bonds is 18. The molecule has 9 rings (SSSR count). The van der Waals surface area contributed by atoms with Crippen molar-refractivity contribution in [3.63, 3.8) is 0 Å². The molecule has 0 nitrogen and oxygen atoms in total. The average Bonchev–Trinajstić information content (AvgIpc) is 4.09. The van der Waals surface area contributed by atoms with Crippen molar-refractivity contribution in [2.45, 2.75) is 78.1 Å². The van der Waals surface area contributed by atoms with Crippen LogP contribution < -0.4 is 0 Å². The van der Waals surface area contributed by atoms with Gasteiger partial charge in [0, 0.05) is 78.0 Å². The van der Waals surface area contributed by atoms with Gasteiger partial charge < -0.3 is 0 Å². The minimum Gasteiger partial charge on any atom is -0.139 e. The predicted octanol–water partition coefficient (Wildman–Crippen LogP) is 19.8. The number of benzene rings is 1. The van der Waals surface area contributed by atoms with Gasteiger partial charge in [-0.3, -0.25) is 0 Å². The SMILES string of the molecule is CCCCCCc1ccc(-c2ccc(-c3ccc(-c4ccc(-c5ccc(-c6ccc(-c7ccc(-c8ccc(-c9ccc(CCCCCC)s9)s8)s7)s6)cc5)s4)s3)s2)s1. The highest BCUT2D eigenvalue weighted by atomic mass is 32.1. The summed E-state index contributed by atoms with van der Waals surface area (Å²) in [5.41, 5.74) is 2.56. The Morgan fingerprint density at radius 2 is 0.483 bits per heavy atom. The van der Waals surface area contributed by atoms with E-state index < -0.39 is 0 Å². The largest absolute Gasteiger partial charge is 0.139 e. The van der Waals surface area contributed by atoms with Gasteiger partial charge in [0.15, 0.2) is 0 Å². The quantitative estimate of drug-likeness (QED) is 0.0753. The van der Waals surface area contributed by atoms with Crippen molar-refractivity contribution in [2.24, 2.45) is 0 Å². The molecule has 0 saturated carbocycles. The number of unbranched alkanes of at least 4 members (excludes halogenated alkanes) is 6. The first-order chi connectivity index (χ1) is 28.6. The molecule has 0 aliphatic heterocycles. The molecule has 0 aliphatic rings. The molecule has 0 saturated heterocycles. The Kier molecular flexibility index (Phi) is 13.2. The van der Waals surface area contributed by atoms with Crippen LogP contribution in [0.15, 0.2) is 121 Å². The Labute approximate surface area is 375 Å². The lowest BCUT2D eigenvalue weighted by molar-refractivity contribution is 0.670. The minimum absolute atomic E-state index is 1.21. The molecule has 8 heteroatoms. The molecule has 0 unspecified atom stereocenters. The Morgan fingerprint density at radius 3 is 0.776 bits per heavy atom. The van der Waals surface area contributed by atoms with Crippen LogP contribution >= 0.6 is 90.7 Å². The number of hydrogen-bond acceptors (Lipinski definition) is 8. The van der Waals surface area contributed by atoms with E-state index in [1.165, 1.54) is 153 Å². The van der Waals surface area contributed by atoms with Gasteiger partial charge in [-0.15, -0.1) is 90.7 Å². The molecule has 0 amide bonds. The first-order valence-electron chi connectivity index (χ1n) is 20.5. The summed E-state index contributed by atoms with van der Waals surface area (Å²) in [5, 5.41) is 0. The van der Waals surface area contributed by atoms with Crippen molar-refractivity contribution in [1.29, 1.82) is 0 Å². The first-order valence-corrected chi connectivity index (χ1v) is 27.0. The van der Waals surface area contributed by atoms with Crippen LogP contribution in [-0.4, -0.2) is 0 Å². The number of thiophene rings is 8. The third-order valence-corrected chi connectivity index (χ3v) is 20.5. The maximum absolute atomic E-state index is 2.34. The van der Waals surface area contributed by atoms with E-state index in [0.29, 0.717) is 0 Å². The molecule has 8 aromatic heterocycles. The maximum atomic E-state index is 2.34. The number of hydrogen-bond donors (Lipinski definition) is 0. The molecule has 0 atom stereocenters. The van der Waals surface area contributed by atoms with E-state index in [4.69, 9.17) is 0 Å². The fraction of sp³-hybridized carbons (Fsp3) is 0.240. The zero-order valence-electron chi connectivity index (χ0n) is 32.9. The summed E-state index contributed by atoms with van der Waals surface area (Å²) in [5.74, 6) is 0. The van der Waals surface area contributed by atoms with Gasteiger partial charge in [0.1, 0.15) is 0 Å². The third kappa shape index (κ3) is 9.40. The minimum atomic E-state index is 1.21. The van der Waals surface area contributed by atoms with Crippen LogP contribution in [0.5, 0.6) is 0 Å². The van der Waals surface area contributed by atoms with E-state index >= 15 is 0 Å². The van der Waals surface area contributed by atoms with Gasteiger partial charge in [-0.05, 0) is 134 Å². The van der Waals surface area contributed by atoms with E-state index in [9.17, 15) is 0 Å². The zero-order valence-corrected chi connectivity index (χ0v) is 39.4. The van der Waals surface area contributed by atoms with E-state index in [0.717, 1.165) is 0 Å². The normalized spacial score (nSPS) is 11.6. The molecule has 0 aliphatic carbocycles. The van der Waals surface area contributed by atoms with Gasteiger partial charge in [0.05, 0.1) is 0 Å². The molecule has 0 bridgehead atoms. The van der Waals surface area contributed by atoms with Crippen molar-refractivity contribution in [1.82, 2.24) is 0 Å². The predicted molar refractivity (Wildman–Crippen MR) is 269 cm³/mol. The monoisotopic (exact) mass is 902 g/mol. The summed E-state index contributed by atoms with van der Waals surface area (Å²) >= 11 is 15.4. The van der Waals surface area contributed by atoms with Crippen LogP contribution in [0.25, 0.3) is 79.4 Å². The Hall–Kier alpha value is -3.18. The van der Waals surface area contributed by atoms with Crippen molar-refractivity contribution in [3.05, 3.63) is 131 Å². The topological polar surface area (TPSA) is 0 Å². The lowest BCUT2D eigenvalue weighted by Crippen LogP contribution is -1.80. The summed E-state index contributed by atoms with van der Waals surface area (Å²) in [6.07, 6.45) is 13.0. The molecule has 8 heterocycles. The van der Waals surface area contributed by atoms with Crippen molar-refractivity contribution in [2.75, 3.05) is 0 Å². The molecule has 0 radical (unpaired) electrons. The molecule has 0 N–H and O–H groups in total. The Morgan fingerprint density at radius 1 is 0.241 bits per heavy atom. The van der Waals surface area contributed by atoms with Gasteiger partial charge in [-0.25, -0.2) is 0 Å². The van der Waals surface area contributed by atoms with Crippen LogP contribution in [0, 0.1) is 0 Å². The second-order valence-corrected chi connectivity index (χ2v) is 23.6. The van der Waals surface area contributed by atoms with E-state index in [1.807, 2.05) is 90.7 Å². The highest BCUT2D eigenvalue weighted by Gasteiger charge is 2.15. The summed E-state index contributed by atoms with van der Waals surface area (Å²) < 4.78 is 0. The second-order valence-electron chi connectivity index (χ2n) is 14.7. The highest BCUT2D eigenvalue weighted by Crippen LogP contribution is 2.46. The van der Waals surface area contributed by atoms with Gasteiger partial charge in [0.25, 0.3) is 0 Å². The van der Waals surface area contributed by atoms with E-state index in [-0.39, 0.29) is 0 Å². The summed E-state index contributed by atoms with van der Waals surface area (Å²) in [4.78, 5) is 22.0. The van der Waals surface area contributed by atoms with Crippen molar-refractivity contribution < 1.29 is 0 Å². The molecule has 58 heavy (non-hydrogen) atoms. The molecular weight excluding hydrogens is 857 g/mol. The first kappa shape index (κ1) is 40.2. The molecule has 0 spiro atoms. The van der Waals surface area contributed by atoms with Gasteiger partial charge in [-0.1, -0.05) is 76.6 Å². The van der Waals surface area contributed by atoms with Crippen LogP contribution in [0.2, 0.25) is 0 Å². The highest BCUT2D eigenvalue weighted by molar-refractivity contribution is 7.30. The van der Waals surface area contributed by atoms with E-state index in [2.05, 4.69) is 135 Å². The van der Waals surface area contributed by atoms with Gasteiger partial charge in [0.2, 0.25) is 0 Å². The molecule has 0 fully saturated rings. The smallest absolute Gasteiger partial charge is 0.0449 e. The fourth-order valence-corrected chi connectivity index (χ4v) is 15.9. The van der Waals surface area contributed by atoms with Crippen molar-refractivity contribution in [3.8, 4) is 79.4 Å². The summed E-state index contributed by atoms with van der Waals surface area (Å²) in [6.45, 7) is 4.56. The van der Waals surface area contributed by atoms with Gasteiger partial charge >= 0.3 is 0 Å². The lowest BCUT2D eigenvalue weighted by Gasteiger charge is -2.01. The molecule has 9 aromatic rings. The standard InChI is InChI=1S/C50H46S8/c1-3-5-7-9-11-35-17-19-39(51-35)41-25-27-47(55-41)49-31-29-45(57-49)43-23-21-37(53-43)33-13-15-34(16-14-33)38-22-24-44(54-38)46-30-32-50(58-46)48-28-26-42(56-48)40-20-18-36(52-40)12-10-8-6-4-2/h13-32H,3-12H2,1-2H3. The van der Waals surface area contributed by atoms with Gasteiger partial charge in [-0.2, -0.15) is 0 Å². The number of aryl methyl sites for hydroxylation is 2. The van der Waals surface area contributed by atoms with Crippen LogP contribution in [0.1, 0.15) is 75.0 Å². The third-order valence-electron chi connectivity index (χ3n) is 10.4. The summed E-state index contributed by atoms with van der Waals surface area (Å²) in [7, 11) is 0. The second kappa shape index (κ2) is 19.0. The van der Waals surface area contributed by atoms with Crippen molar-refractivity contribution >= 4 is 90.7 Å². The maximum Gasteiger partial charge on any atom is 0.0449 e. The lowest BCUT2D eigenvalue weighted by atomic mass is 10.1. The fourth-order valence-electron chi connectivity index (χ4n) is 7.20. The average molecular weight is 903 g/mol. The summed E-state index contributed by atoms with van der Waals surface area (Å²) in [6, 6.07) is 46.1.